The Morgan fingerprint density at radius 3 is 2.82 bits per heavy atom. The molecule has 2 heterocycles. The Kier molecular flexibility index (Phi) is 3.71. The van der Waals surface area contributed by atoms with Gasteiger partial charge in [0.15, 0.2) is 0 Å². The Hall–Kier alpha value is -1.45. The van der Waals surface area contributed by atoms with Crippen LogP contribution in [-0.4, -0.2) is 38.4 Å². The fourth-order valence-corrected chi connectivity index (χ4v) is 1.58. The van der Waals surface area contributed by atoms with Gasteiger partial charge in [-0.3, -0.25) is 0 Å². The zero-order valence-electron chi connectivity index (χ0n) is 9.38. The minimum Gasteiger partial charge on any atom is -0.467 e. The summed E-state index contributed by atoms with van der Waals surface area (Å²) >= 11 is 2.17. The van der Waals surface area contributed by atoms with E-state index in [4.69, 9.17) is 4.74 Å². The molecule has 0 aliphatic carbocycles. The molecule has 1 N–H and O–H groups in total. The minimum absolute atomic E-state index is 0.261. The third-order valence-corrected chi connectivity index (χ3v) is 2.43. The molecule has 0 saturated carbocycles. The summed E-state index contributed by atoms with van der Waals surface area (Å²) in [4.78, 5) is 12.4. The number of methoxy groups -OCH3 is 1. The van der Waals surface area contributed by atoms with Gasteiger partial charge >= 0.3 is 6.01 Å². The summed E-state index contributed by atoms with van der Waals surface area (Å²) in [6, 6.07) is 0.261. The second kappa shape index (κ2) is 5.25. The first-order valence-electron chi connectivity index (χ1n) is 4.97. The predicted octanol–water partition coefficient (Wildman–Crippen LogP) is 1.10. The summed E-state index contributed by atoms with van der Waals surface area (Å²) in [5, 5.41) is 7.15. The molecule has 0 aliphatic heterocycles. The van der Waals surface area contributed by atoms with E-state index in [9.17, 15) is 0 Å². The van der Waals surface area contributed by atoms with Crippen LogP contribution < -0.4 is 10.1 Å². The molecule has 0 unspecified atom stereocenters. The van der Waals surface area contributed by atoms with Gasteiger partial charge in [-0.25, -0.2) is 4.68 Å². The average molecular weight is 346 g/mol. The number of hydrogen-bond acceptors (Lipinski definition) is 6. The third kappa shape index (κ3) is 2.81. The lowest BCUT2D eigenvalue weighted by Gasteiger charge is -2.06. The van der Waals surface area contributed by atoms with Gasteiger partial charge < -0.3 is 10.1 Å². The van der Waals surface area contributed by atoms with Gasteiger partial charge in [-0.2, -0.15) is 20.1 Å². The molecule has 2 rings (SSSR count). The summed E-state index contributed by atoms with van der Waals surface area (Å²) in [5.74, 6) is 0.899. The Morgan fingerprint density at radius 2 is 2.24 bits per heavy atom. The van der Waals surface area contributed by atoms with E-state index in [1.807, 2.05) is 13.1 Å². The standard InChI is InChI=1S/C9H11IN6O/c1-3-11-7-13-8(15-9(14-7)17-2)16-5-6(10)4-12-16/h4-5H,3H2,1-2H3,(H,11,13,14,15). The molecule has 2 aromatic heterocycles. The van der Waals surface area contributed by atoms with Gasteiger partial charge in [0.1, 0.15) is 0 Å². The highest BCUT2D eigenvalue weighted by Gasteiger charge is 2.08. The van der Waals surface area contributed by atoms with Crippen LogP contribution in [0.4, 0.5) is 5.95 Å². The van der Waals surface area contributed by atoms with Crippen LogP contribution in [0.5, 0.6) is 6.01 Å². The van der Waals surface area contributed by atoms with Crippen molar-refractivity contribution in [2.75, 3.05) is 19.0 Å². The first kappa shape index (κ1) is 12.0. The number of anilines is 1. The molecule has 0 radical (unpaired) electrons. The van der Waals surface area contributed by atoms with Crippen molar-refractivity contribution in [1.29, 1.82) is 0 Å². The highest BCUT2D eigenvalue weighted by Crippen LogP contribution is 2.11. The zero-order chi connectivity index (χ0) is 12.3. The first-order chi connectivity index (χ1) is 8.22. The summed E-state index contributed by atoms with van der Waals surface area (Å²) in [5.41, 5.74) is 0. The van der Waals surface area contributed by atoms with Crippen molar-refractivity contribution in [2.24, 2.45) is 0 Å². The van der Waals surface area contributed by atoms with Gasteiger partial charge in [0.05, 0.1) is 16.9 Å². The first-order valence-corrected chi connectivity index (χ1v) is 6.05. The molecule has 17 heavy (non-hydrogen) atoms. The smallest absolute Gasteiger partial charge is 0.322 e. The van der Waals surface area contributed by atoms with Crippen LogP contribution in [-0.2, 0) is 0 Å². The van der Waals surface area contributed by atoms with Crippen LogP contribution in [0.1, 0.15) is 6.92 Å². The molecule has 2 aromatic rings. The number of rotatable bonds is 4. The number of aromatic nitrogens is 5. The lowest BCUT2D eigenvalue weighted by molar-refractivity contribution is 0.377. The number of nitrogens with one attached hydrogen (secondary N) is 1. The maximum atomic E-state index is 5.02. The van der Waals surface area contributed by atoms with Gasteiger partial charge in [-0.05, 0) is 29.5 Å². The van der Waals surface area contributed by atoms with Gasteiger partial charge in [0.2, 0.25) is 5.95 Å². The fourth-order valence-electron chi connectivity index (χ4n) is 1.19. The quantitative estimate of drug-likeness (QED) is 0.836. The van der Waals surface area contributed by atoms with E-state index >= 15 is 0 Å². The van der Waals surface area contributed by atoms with Crippen LogP contribution in [0.25, 0.3) is 5.95 Å². The van der Waals surface area contributed by atoms with E-state index in [1.165, 1.54) is 7.11 Å². The number of nitrogens with zero attached hydrogens (tertiary/aromatic N) is 5. The van der Waals surface area contributed by atoms with E-state index in [-0.39, 0.29) is 6.01 Å². The van der Waals surface area contributed by atoms with Crippen molar-refractivity contribution in [3.63, 3.8) is 0 Å². The van der Waals surface area contributed by atoms with Crippen LogP contribution in [0.15, 0.2) is 12.4 Å². The van der Waals surface area contributed by atoms with Crippen molar-refractivity contribution < 1.29 is 4.74 Å². The largest absolute Gasteiger partial charge is 0.467 e. The maximum Gasteiger partial charge on any atom is 0.322 e. The molecular weight excluding hydrogens is 335 g/mol. The minimum atomic E-state index is 0.261. The average Bonchev–Trinajstić information content (AvgIpc) is 2.76. The van der Waals surface area contributed by atoms with E-state index in [2.05, 4.69) is 48.0 Å². The molecule has 90 valence electrons. The van der Waals surface area contributed by atoms with E-state index in [0.717, 1.165) is 10.1 Å². The molecule has 0 atom stereocenters. The fraction of sp³-hybridized carbons (Fsp3) is 0.333. The summed E-state index contributed by atoms with van der Waals surface area (Å²) < 4.78 is 7.61. The number of ether oxygens (including phenoxy) is 1. The third-order valence-electron chi connectivity index (χ3n) is 1.88. The maximum absolute atomic E-state index is 5.02. The van der Waals surface area contributed by atoms with E-state index in [0.29, 0.717) is 11.9 Å². The summed E-state index contributed by atoms with van der Waals surface area (Å²) in [6.45, 7) is 2.69. The lowest BCUT2D eigenvalue weighted by Crippen LogP contribution is -2.10. The van der Waals surface area contributed by atoms with Crippen molar-refractivity contribution in [2.45, 2.75) is 6.92 Å². The molecular formula is C9H11IN6O. The molecule has 7 nitrogen and oxygen atoms in total. The normalized spacial score (nSPS) is 10.3. The van der Waals surface area contributed by atoms with Crippen LogP contribution >= 0.6 is 22.6 Å². The monoisotopic (exact) mass is 346 g/mol. The number of hydrogen-bond donors (Lipinski definition) is 1. The van der Waals surface area contributed by atoms with E-state index < -0.39 is 0 Å². The molecule has 0 amide bonds. The molecule has 0 spiro atoms. The summed E-state index contributed by atoms with van der Waals surface area (Å²) in [6.07, 6.45) is 3.55. The van der Waals surface area contributed by atoms with Gasteiger partial charge in [-0.15, -0.1) is 0 Å². The molecule has 0 fully saturated rings. The van der Waals surface area contributed by atoms with Crippen molar-refractivity contribution in [3.8, 4) is 12.0 Å². The Balaban J connectivity index is 2.42. The highest BCUT2D eigenvalue weighted by atomic mass is 127. The Labute approximate surface area is 112 Å². The Morgan fingerprint density at radius 1 is 1.41 bits per heavy atom. The SMILES string of the molecule is CCNc1nc(OC)nc(-n2cc(I)cn2)n1. The van der Waals surface area contributed by atoms with Crippen molar-refractivity contribution in [1.82, 2.24) is 24.7 Å². The van der Waals surface area contributed by atoms with Crippen LogP contribution in [0.2, 0.25) is 0 Å². The van der Waals surface area contributed by atoms with Crippen LogP contribution in [0.3, 0.4) is 0 Å². The topological polar surface area (TPSA) is 77.8 Å². The highest BCUT2D eigenvalue weighted by molar-refractivity contribution is 14.1. The molecule has 0 aliphatic rings. The zero-order valence-corrected chi connectivity index (χ0v) is 11.5. The second-order valence-electron chi connectivity index (χ2n) is 3.08. The molecule has 0 saturated heterocycles. The summed E-state index contributed by atoms with van der Waals surface area (Å²) in [7, 11) is 1.52. The van der Waals surface area contributed by atoms with Gasteiger partial charge in [0, 0.05) is 12.7 Å². The lowest BCUT2D eigenvalue weighted by atomic mass is 10.7. The Bertz CT molecular complexity index is 514. The van der Waals surface area contributed by atoms with Crippen molar-refractivity contribution in [3.05, 3.63) is 16.0 Å². The van der Waals surface area contributed by atoms with Gasteiger partial charge in [-0.1, -0.05) is 0 Å². The number of halogens is 1. The molecule has 0 bridgehead atoms. The van der Waals surface area contributed by atoms with E-state index in [1.54, 1.807) is 10.9 Å². The molecule has 8 heteroatoms. The second-order valence-corrected chi connectivity index (χ2v) is 4.32. The molecule has 0 aromatic carbocycles. The predicted molar refractivity (Wildman–Crippen MR) is 70.4 cm³/mol. The van der Waals surface area contributed by atoms with Crippen molar-refractivity contribution >= 4 is 28.5 Å². The van der Waals surface area contributed by atoms with Gasteiger partial charge in [0.25, 0.3) is 5.95 Å². The van der Waals surface area contributed by atoms with Crippen LogP contribution in [0, 0.1) is 3.57 Å².